The molecular weight excluding hydrogens is 533 g/mol. The third-order valence-electron chi connectivity index (χ3n) is 8.03. The molecular formula is C31H55OSi2Y. The molecule has 1 aliphatic rings. The number of allylic oxidation sites excluding steroid dienone is 4. The predicted molar refractivity (Wildman–Crippen MR) is 160 cm³/mol. The van der Waals surface area contributed by atoms with Gasteiger partial charge >= 0.3 is 233 Å². The maximum atomic E-state index is 6.30. The molecule has 0 unspecified atom stereocenters. The summed E-state index contributed by atoms with van der Waals surface area (Å²) in [5, 5.41) is 0. The first-order valence-corrected chi connectivity index (χ1v) is 26.8. The van der Waals surface area contributed by atoms with Crippen LogP contribution >= 0.6 is 0 Å². The average Bonchev–Trinajstić information content (AvgIpc) is 3.07. The van der Waals surface area contributed by atoms with Gasteiger partial charge in [0.2, 0.25) is 0 Å². The Kier molecular flexibility index (Phi) is 10.2. The van der Waals surface area contributed by atoms with Gasteiger partial charge in [0.25, 0.3) is 0 Å². The summed E-state index contributed by atoms with van der Waals surface area (Å²) < 4.78 is 11.4. The van der Waals surface area contributed by atoms with Crippen LogP contribution in [0.3, 0.4) is 0 Å². The second-order valence-corrected chi connectivity index (χ2v) is 36.6. The van der Waals surface area contributed by atoms with E-state index in [2.05, 4.69) is 106 Å². The van der Waals surface area contributed by atoms with E-state index in [1.165, 1.54) is 16.7 Å². The Morgan fingerprint density at radius 2 is 1.34 bits per heavy atom. The van der Waals surface area contributed by atoms with Crippen molar-refractivity contribution in [3.05, 3.63) is 48.4 Å². The van der Waals surface area contributed by atoms with E-state index < -0.39 is 43.6 Å². The van der Waals surface area contributed by atoms with E-state index in [1.54, 1.807) is 16.9 Å². The minimum absolute atomic E-state index is 0.0534. The van der Waals surface area contributed by atoms with Crippen LogP contribution in [0.1, 0.15) is 77.5 Å². The van der Waals surface area contributed by atoms with Gasteiger partial charge in [-0.15, -0.1) is 0 Å². The van der Waals surface area contributed by atoms with Gasteiger partial charge in [0.15, 0.2) is 0 Å². The second-order valence-electron chi connectivity index (χ2n) is 14.6. The van der Waals surface area contributed by atoms with Crippen molar-refractivity contribution in [3.8, 4) is 5.75 Å². The van der Waals surface area contributed by atoms with Gasteiger partial charge in [-0.05, 0) is 0 Å². The first-order chi connectivity index (χ1) is 15.9. The molecule has 0 aromatic heterocycles. The van der Waals surface area contributed by atoms with E-state index >= 15 is 0 Å². The predicted octanol–water partition coefficient (Wildman–Crippen LogP) is 10.2. The summed E-state index contributed by atoms with van der Waals surface area (Å²) in [5.74, 6) is 1.14. The number of methoxy groups -OCH3 is 1. The van der Waals surface area contributed by atoms with Crippen molar-refractivity contribution in [1.29, 1.82) is 0 Å². The molecule has 4 heteroatoms. The van der Waals surface area contributed by atoms with E-state index in [9.17, 15) is 0 Å². The Hall–Kier alpha value is 0.0377. The Morgan fingerprint density at radius 1 is 0.857 bits per heavy atom. The van der Waals surface area contributed by atoms with Crippen LogP contribution in [0, 0.1) is 6.92 Å². The molecule has 0 bridgehead atoms. The van der Waals surface area contributed by atoms with Gasteiger partial charge in [0.05, 0.1) is 0 Å². The van der Waals surface area contributed by atoms with Crippen molar-refractivity contribution in [3.63, 3.8) is 0 Å². The number of hydrogen-bond acceptors (Lipinski definition) is 1. The molecule has 196 valence electrons. The van der Waals surface area contributed by atoms with Crippen LogP contribution in [0.25, 0.3) is 0 Å². The van der Waals surface area contributed by atoms with Gasteiger partial charge in [-0.1, -0.05) is 0 Å². The molecule has 1 aromatic rings. The molecule has 2 rings (SSSR count). The topological polar surface area (TPSA) is 9.23 Å². The molecule has 1 aromatic carbocycles. The van der Waals surface area contributed by atoms with Gasteiger partial charge in [-0.25, -0.2) is 0 Å². The normalized spacial score (nSPS) is 15.5. The van der Waals surface area contributed by atoms with E-state index in [1.807, 2.05) is 9.49 Å². The first kappa shape index (κ1) is 31.3. The quantitative estimate of drug-likeness (QED) is 0.247. The van der Waals surface area contributed by atoms with Gasteiger partial charge in [-0.3, -0.25) is 0 Å². The molecule has 1 nitrogen and oxygen atoms in total. The molecule has 0 heterocycles. The van der Waals surface area contributed by atoms with Crippen molar-refractivity contribution in [2.45, 2.75) is 124 Å². The fourth-order valence-corrected chi connectivity index (χ4v) is 42.6. The zero-order chi connectivity index (χ0) is 27.0. The fourth-order valence-electron chi connectivity index (χ4n) is 6.62. The Bertz CT molecular complexity index is 947. The standard InChI is InChI=1S/C23H33O.2C4H11Si.Y/c1-9-23(10-2,18-12-11-16(3)13-18)20-15-17(4)14-19(21(20)24-8)22(5,6)7;2*1-5(2,3)4;/h11,14-15H,9-10,12H2,1-8H3;2*1H2,2-4H3;. The van der Waals surface area contributed by atoms with Gasteiger partial charge in [0.1, 0.15) is 0 Å². The van der Waals surface area contributed by atoms with Crippen molar-refractivity contribution in [1.82, 2.24) is 0 Å². The van der Waals surface area contributed by atoms with Crippen LogP contribution < -0.4 is 4.74 Å². The fraction of sp³-hybridized carbons (Fsp3) is 0.677. The summed E-state index contributed by atoms with van der Waals surface area (Å²) in [5.41, 5.74) is 7.73. The summed E-state index contributed by atoms with van der Waals surface area (Å²) in [7, 11) is -0.379. The molecule has 0 saturated heterocycles. The zero-order valence-corrected chi connectivity index (χ0v) is 30.6. The number of benzene rings is 1. The van der Waals surface area contributed by atoms with Crippen LogP contribution in [-0.4, -0.2) is 23.3 Å². The van der Waals surface area contributed by atoms with Crippen LogP contribution in [0.2, 0.25) is 45.0 Å². The zero-order valence-electron chi connectivity index (χ0n) is 25.8. The second kappa shape index (κ2) is 11.4. The van der Waals surface area contributed by atoms with Crippen LogP contribution in [0.5, 0.6) is 5.75 Å². The monoisotopic (exact) mass is 588 g/mol. The number of ether oxygens (including phenoxy) is 1. The molecule has 0 fully saturated rings. The molecule has 0 radical (unpaired) electrons. The maximum absolute atomic E-state index is 6.30. The summed E-state index contributed by atoms with van der Waals surface area (Å²) in [6, 6.07) is 4.84. The van der Waals surface area contributed by atoms with Crippen molar-refractivity contribution in [2.24, 2.45) is 0 Å². The number of aryl methyl sites for hydroxylation is 1. The van der Waals surface area contributed by atoms with Crippen LogP contribution in [0.4, 0.5) is 0 Å². The Labute approximate surface area is 231 Å². The molecule has 35 heavy (non-hydrogen) atoms. The summed E-state index contributed by atoms with van der Waals surface area (Å²) >= 11 is -2.01. The third-order valence-corrected chi connectivity index (χ3v) is 40.8. The third kappa shape index (κ3) is 7.33. The SMILES string of the molecule is CCC(CC)(C1=[C]([Y]([CH2][Si](C)(C)C)[CH2][Si](C)(C)C)C(C)=CC1)c1cc(C)cc(C(C)(C)C)c1OC. The molecule has 0 amide bonds. The summed E-state index contributed by atoms with van der Waals surface area (Å²) in [6.07, 6.45) is 6.03. The van der Waals surface area contributed by atoms with Crippen molar-refractivity contribution < 1.29 is 32.2 Å². The van der Waals surface area contributed by atoms with Crippen molar-refractivity contribution in [2.75, 3.05) is 7.11 Å². The molecule has 0 atom stereocenters. The Balaban J connectivity index is 2.92. The van der Waals surface area contributed by atoms with Gasteiger partial charge in [-0.2, -0.15) is 0 Å². The van der Waals surface area contributed by atoms with E-state index in [-0.39, 0.29) is 10.8 Å². The molecule has 0 N–H and O–H groups in total. The number of rotatable bonds is 10. The Morgan fingerprint density at radius 3 is 1.74 bits per heavy atom. The summed E-state index contributed by atoms with van der Waals surface area (Å²) in [4.78, 5) is 0. The number of hydrogen-bond donors (Lipinski definition) is 0. The van der Waals surface area contributed by atoms with E-state index in [0.29, 0.717) is 0 Å². The van der Waals surface area contributed by atoms with Crippen LogP contribution in [0.15, 0.2) is 31.7 Å². The van der Waals surface area contributed by atoms with Gasteiger partial charge in [0, 0.05) is 0 Å². The molecule has 0 spiro atoms. The van der Waals surface area contributed by atoms with Gasteiger partial charge < -0.3 is 0 Å². The molecule has 0 saturated carbocycles. The van der Waals surface area contributed by atoms with E-state index in [0.717, 1.165) is 25.0 Å². The molecule has 0 aliphatic heterocycles. The minimum atomic E-state index is -2.01. The molecule has 1 aliphatic carbocycles. The van der Waals surface area contributed by atoms with Crippen LogP contribution in [-0.2, 0) is 38.3 Å². The average molecular weight is 589 g/mol. The summed E-state index contributed by atoms with van der Waals surface area (Å²) in [6.45, 7) is 32.2. The van der Waals surface area contributed by atoms with E-state index in [4.69, 9.17) is 4.74 Å². The first-order valence-electron chi connectivity index (χ1n) is 14.0. The van der Waals surface area contributed by atoms with Crippen molar-refractivity contribution >= 4 is 16.1 Å².